The summed E-state index contributed by atoms with van der Waals surface area (Å²) in [6.07, 6.45) is 0. The number of rotatable bonds is 7. The van der Waals surface area contributed by atoms with Gasteiger partial charge in [0.2, 0.25) is 0 Å². The van der Waals surface area contributed by atoms with Gasteiger partial charge in [0, 0.05) is 12.6 Å². The van der Waals surface area contributed by atoms with E-state index >= 15 is 0 Å². The first-order valence-corrected chi connectivity index (χ1v) is 6.00. The molecule has 18 heavy (non-hydrogen) atoms. The maximum atomic E-state index is 11.4. The number of carbonyl (C=O) groups is 1. The van der Waals surface area contributed by atoms with Crippen molar-refractivity contribution in [1.82, 2.24) is 5.32 Å². The standard InChI is InChI=1S/C13H20N2O3/c1-3-17-11-4-6-12(7-5-11)18-9-13(16)15-10(2)8-14/h4-7,10H,3,8-9,14H2,1-2H3,(H,15,16)/t10-/m0/s1. The van der Waals surface area contributed by atoms with Gasteiger partial charge in [-0.05, 0) is 38.1 Å². The zero-order chi connectivity index (χ0) is 13.4. The molecule has 0 unspecified atom stereocenters. The lowest BCUT2D eigenvalue weighted by Crippen LogP contribution is -2.40. The molecule has 0 fully saturated rings. The third-order valence-electron chi connectivity index (χ3n) is 2.27. The molecule has 1 aromatic rings. The zero-order valence-electron chi connectivity index (χ0n) is 10.8. The number of ether oxygens (including phenoxy) is 2. The number of hydrogen-bond donors (Lipinski definition) is 2. The predicted molar refractivity (Wildman–Crippen MR) is 69.8 cm³/mol. The van der Waals surface area contributed by atoms with Crippen LogP contribution < -0.4 is 20.5 Å². The maximum absolute atomic E-state index is 11.4. The fraction of sp³-hybridized carbons (Fsp3) is 0.462. The van der Waals surface area contributed by atoms with Crippen LogP contribution in [-0.2, 0) is 4.79 Å². The van der Waals surface area contributed by atoms with Gasteiger partial charge in [0.15, 0.2) is 6.61 Å². The normalized spacial score (nSPS) is 11.7. The number of nitrogens with one attached hydrogen (secondary N) is 1. The minimum Gasteiger partial charge on any atom is -0.494 e. The molecule has 0 bridgehead atoms. The second-order valence-electron chi connectivity index (χ2n) is 3.90. The molecule has 5 heteroatoms. The summed E-state index contributed by atoms with van der Waals surface area (Å²) < 4.78 is 10.6. The van der Waals surface area contributed by atoms with Gasteiger partial charge in [0.05, 0.1) is 6.61 Å². The summed E-state index contributed by atoms with van der Waals surface area (Å²) in [4.78, 5) is 11.4. The van der Waals surface area contributed by atoms with Crippen LogP contribution in [0.15, 0.2) is 24.3 Å². The first kappa shape index (κ1) is 14.3. The topological polar surface area (TPSA) is 73.6 Å². The van der Waals surface area contributed by atoms with Crippen LogP contribution in [-0.4, -0.2) is 31.7 Å². The van der Waals surface area contributed by atoms with Gasteiger partial charge in [-0.25, -0.2) is 0 Å². The highest BCUT2D eigenvalue weighted by Gasteiger charge is 2.06. The Kier molecular flexibility index (Phi) is 6.00. The lowest BCUT2D eigenvalue weighted by atomic mass is 10.3. The Morgan fingerprint density at radius 1 is 1.28 bits per heavy atom. The summed E-state index contributed by atoms with van der Waals surface area (Å²) in [5.41, 5.74) is 5.40. The van der Waals surface area contributed by atoms with Crippen molar-refractivity contribution in [3.05, 3.63) is 24.3 Å². The molecule has 0 saturated heterocycles. The number of amides is 1. The lowest BCUT2D eigenvalue weighted by Gasteiger charge is -2.12. The van der Waals surface area contributed by atoms with E-state index in [0.29, 0.717) is 18.9 Å². The minimum atomic E-state index is -0.179. The first-order chi connectivity index (χ1) is 8.65. The van der Waals surface area contributed by atoms with E-state index in [1.165, 1.54) is 0 Å². The van der Waals surface area contributed by atoms with Crippen molar-refractivity contribution < 1.29 is 14.3 Å². The molecule has 0 aromatic heterocycles. The highest BCUT2D eigenvalue weighted by atomic mass is 16.5. The Balaban J connectivity index is 2.36. The molecule has 0 saturated carbocycles. The molecule has 1 rings (SSSR count). The van der Waals surface area contributed by atoms with Crippen LogP contribution >= 0.6 is 0 Å². The lowest BCUT2D eigenvalue weighted by molar-refractivity contribution is -0.123. The Hall–Kier alpha value is -1.75. The molecule has 0 aliphatic carbocycles. The molecule has 3 N–H and O–H groups in total. The fourth-order valence-corrected chi connectivity index (χ4v) is 1.32. The van der Waals surface area contributed by atoms with Crippen LogP contribution in [0.2, 0.25) is 0 Å². The zero-order valence-corrected chi connectivity index (χ0v) is 10.8. The monoisotopic (exact) mass is 252 g/mol. The van der Waals surface area contributed by atoms with Crippen LogP contribution in [0.1, 0.15) is 13.8 Å². The summed E-state index contributed by atoms with van der Waals surface area (Å²) >= 11 is 0. The number of carbonyl (C=O) groups excluding carboxylic acids is 1. The molecule has 0 aliphatic rings. The highest BCUT2D eigenvalue weighted by Crippen LogP contribution is 2.17. The largest absolute Gasteiger partial charge is 0.494 e. The van der Waals surface area contributed by atoms with E-state index < -0.39 is 0 Å². The van der Waals surface area contributed by atoms with Crippen molar-refractivity contribution in [3.63, 3.8) is 0 Å². The molecule has 1 atom stereocenters. The van der Waals surface area contributed by atoms with E-state index in [1.807, 2.05) is 13.8 Å². The minimum absolute atomic E-state index is 0.0156. The van der Waals surface area contributed by atoms with E-state index in [9.17, 15) is 4.79 Å². The quantitative estimate of drug-likeness (QED) is 0.757. The molecule has 0 spiro atoms. The van der Waals surface area contributed by atoms with E-state index in [4.69, 9.17) is 15.2 Å². The van der Waals surface area contributed by atoms with Crippen molar-refractivity contribution in [1.29, 1.82) is 0 Å². The van der Waals surface area contributed by atoms with Gasteiger partial charge >= 0.3 is 0 Å². The van der Waals surface area contributed by atoms with Crippen molar-refractivity contribution in [2.45, 2.75) is 19.9 Å². The smallest absolute Gasteiger partial charge is 0.258 e. The summed E-state index contributed by atoms with van der Waals surface area (Å²) in [5, 5.41) is 2.72. The van der Waals surface area contributed by atoms with Gasteiger partial charge in [0.1, 0.15) is 11.5 Å². The molecule has 0 radical (unpaired) electrons. The number of hydrogen-bond acceptors (Lipinski definition) is 4. The average molecular weight is 252 g/mol. The van der Waals surface area contributed by atoms with E-state index in [-0.39, 0.29) is 18.6 Å². The van der Waals surface area contributed by atoms with E-state index in [0.717, 1.165) is 5.75 Å². The Morgan fingerprint density at radius 2 is 1.83 bits per heavy atom. The van der Waals surface area contributed by atoms with Gasteiger partial charge in [-0.15, -0.1) is 0 Å². The van der Waals surface area contributed by atoms with Crippen LogP contribution in [0.3, 0.4) is 0 Å². The van der Waals surface area contributed by atoms with Crippen LogP contribution in [0.25, 0.3) is 0 Å². The molecule has 1 aromatic carbocycles. The van der Waals surface area contributed by atoms with Crippen molar-refractivity contribution >= 4 is 5.91 Å². The molecular weight excluding hydrogens is 232 g/mol. The van der Waals surface area contributed by atoms with Crippen LogP contribution in [0.4, 0.5) is 0 Å². The third-order valence-corrected chi connectivity index (χ3v) is 2.27. The molecule has 100 valence electrons. The number of nitrogens with two attached hydrogens (primary N) is 1. The highest BCUT2D eigenvalue weighted by molar-refractivity contribution is 5.77. The Morgan fingerprint density at radius 3 is 2.33 bits per heavy atom. The molecular formula is C13H20N2O3. The molecule has 1 amide bonds. The second-order valence-corrected chi connectivity index (χ2v) is 3.90. The molecule has 0 heterocycles. The van der Waals surface area contributed by atoms with Gasteiger partial charge in [-0.2, -0.15) is 0 Å². The average Bonchev–Trinajstić information content (AvgIpc) is 2.38. The summed E-state index contributed by atoms with van der Waals surface area (Å²) in [5.74, 6) is 1.24. The second kappa shape index (κ2) is 7.55. The van der Waals surface area contributed by atoms with Crippen LogP contribution in [0.5, 0.6) is 11.5 Å². The van der Waals surface area contributed by atoms with Gasteiger partial charge in [-0.1, -0.05) is 0 Å². The van der Waals surface area contributed by atoms with Crippen molar-refractivity contribution in [2.24, 2.45) is 5.73 Å². The van der Waals surface area contributed by atoms with Gasteiger partial charge in [0.25, 0.3) is 5.91 Å². The molecule has 0 aliphatic heterocycles. The molecule has 5 nitrogen and oxygen atoms in total. The van der Waals surface area contributed by atoms with E-state index in [1.54, 1.807) is 24.3 Å². The van der Waals surface area contributed by atoms with E-state index in [2.05, 4.69) is 5.32 Å². The summed E-state index contributed by atoms with van der Waals surface area (Å²) in [6.45, 7) is 4.79. The van der Waals surface area contributed by atoms with Crippen molar-refractivity contribution in [3.8, 4) is 11.5 Å². The SMILES string of the molecule is CCOc1ccc(OCC(=O)N[C@@H](C)CN)cc1. The first-order valence-electron chi connectivity index (χ1n) is 6.00. The number of benzene rings is 1. The fourth-order valence-electron chi connectivity index (χ4n) is 1.32. The Bertz CT molecular complexity index is 365. The van der Waals surface area contributed by atoms with Gasteiger partial charge in [-0.3, -0.25) is 4.79 Å². The predicted octanol–water partition coefficient (Wildman–Crippen LogP) is 0.927. The summed E-state index contributed by atoms with van der Waals surface area (Å²) in [7, 11) is 0. The van der Waals surface area contributed by atoms with Crippen LogP contribution in [0, 0.1) is 0 Å². The maximum Gasteiger partial charge on any atom is 0.258 e. The van der Waals surface area contributed by atoms with Gasteiger partial charge < -0.3 is 20.5 Å². The Labute approximate surface area is 107 Å². The third kappa shape index (κ3) is 5.05. The van der Waals surface area contributed by atoms with Crippen molar-refractivity contribution in [2.75, 3.05) is 19.8 Å². The summed E-state index contributed by atoms with van der Waals surface area (Å²) in [6, 6.07) is 7.11.